The second-order valence-corrected chi connectivity index (χ2v) is 10.2. The molecule has 1 aliphatic heterocycles. The van der Waals surface area contributed by atoms with E-state index in [1.807, 2.05) is 44.5 Å². The van der Waals surface area contributed by atoms with E-state index in [-0.39, 0.29) is 11.8 Å². The van der Waals surface area contributed by atoms with Crippen LogP contribution >= 0.6 is 0 Å². The molecule has 0 aliphatic carbocycles. The second-order valence-electron chi connectivity index (χ2n) is 8.42. The summed E-state index contributed by atoms with van der Waals surface area (Å²) in [5.41, 5.74) is 2.53. The van der Waals surface area contributed by atoms with E-state index in [9.17, 15) is 13.2 Å². The molecular weight excluding hydrogens is 446 g/mol. The average Bonchev–Trinajstić information content (AvgIpc) is 3.42. The van der Waals surface area contributed by atoms with Gasteiger partial charge in [-0.3, -0.25) is 0 Å². The minimum absolute atomic E-state index is 0.0401. The van der Waals surface area contributed by atoms with Crippen LogP contribution in [-0.4, -0.2) is 50.8 Å². The lowest BCUT2D eigenvalue weighted by atomic mass is 9.97. The van der Waals surface area contributed by atoms with Crippen molar-refractivity contribution in [3.8, 4) is 0 Å². The highest BCUT2D eigenvalue weighted by Gasteiger charge is 2.40. The molecule has 3 heterocycles. The van der Waals surface area contributed by atoms with Crippen molar-refractivity contribution in [3.05, 3.63) is 57.9 Å². The highest BCUT2D eigenvalue weighted by Crippen LogP contribution is 2.36. The summed E-state index contributed by atoms with van der Waals surface area (Å²) in [6, 6.07) is 4.74. The summed E-state index contributed by atoms with van der Waals surface area (Å²) in [4.78, 5) is 11.6. The van der Waals surface area contributed by atoms with Crippen LogP contribution in [0.15, 0.2) is 33.7 Å². The standard InChI is InChI=1S/C21H29N7O4S/c1-5-18(20-24-25-21(29)32-20)28(17-7-6-14(2)15(3)12-17)33(30,31)27-10-8-16(9-11-27)19-23-22-13-26(19)4/h6-7,12-13,16,18H,5,8-11H2,1-4H3,(H,25,29). The van der Waals surface area contributed by atoms with Crippen LogP contribution in [-0.2, 0) is 17.3 Å². The first kappa shape index (κ1) is 23.2. The third kappa shape index (κ3) is 4.44. The van der Waals surface area contributed by atoms with Crippen molar-refractivity contribution in [3.63, 3.8) is 0 Å². The van der Waals surface area contributed by atoms with E-state index in [2.05, 4.69) is 20.4 Å². The van der Waals surface area contributed by atoms with Crippen molar-refractivity contribution in [2.45, 2.75) is 52.0 Å². The Morgan fingerprint density at radius 2 is 1.97 bits per heavy atom. The Kier molecular flexibility index (Phi) is 6.39. The van der Waals surface area contributed by atoms with Crippen molar-refractivity contribution in [2.75, 3.05) is 17.4 Å². The van der Waals surface area contributed by atoms with Gasteiger partial charge in [-0.2, -0.15) is 12.7 Å². The van der Waals surface area contributed by atoms with E-state index in [1.165, 1.54) is 8.61 Å². The van der Waals surface area contributed by atoms with E-state index >= 15 is 0 Å². The predicted octanol–water partition coefficient (Wildman–Crippen LogP) is 2.19. The molecular formula is C21H29N7O4S. The summed E-state index contributed by atoms with van der Waals surface area (Å²) >= 11 is 0. The Labute approximate surface area is 192 Å². The summed E-state index contributed by atoms with van der Waals surface area (Å²) < 4.78 is 37.9. The fraction of sp³-hybridized carbons (Fsp3) is 0.524. The zero-order valence-corrected chi connectivity index (χ0v) is 20.0. The molecule has 1 N–H and O–H groups in total. The van der Waals surface area contributed by atoms with Crippen LogP contribution in [0.25, 0.3) is 0 Å². The Morgan fingerprint density at radius 3 is 2.52 bits per heavy atom. The number of H-pyrrole nitrogens is 1. The van der Waals surface area contributed by atoms with Gasteiger partial charge >= 0.3 is 16.0 Å². The topological polar surface area (TPSA) is 130 Å². The molecule has 1 fully saturated rings. The number of benzene rings is 1. The molecule has 1 saturated heterocycles. The number of hydrogen-bond acceptors (Lipinski definition) is 7. The number of aromatic amines is 1. The largest absolute Gasteiger partial charge is 0.434 e. The number of aryl methyl sites for hydroxylation is 3. The highest BCUT2D eigenvalue weighted by molar-refractivity contribution is 7.90. The monoisotopic (exact) mass is 475 g/mol. The zero-order chi connectivity index (χ0) is 23.8. The second kappa shape index (κ2) is 9.10. The van der Waals surface area contributed by atoms with Gasteiger partial charge in [0.15, 0.2) is 0 Å². The van der Waals surface area contributed by atoms with Crippen molar-refractivity contribution < 1.29 is 12.8 Å². The van der Waals surface area contributed by atoms with E-state index < -0.39 is 22.0 Å². The van der Waals surface area contributed by atoms with Crippen molar-refractivity contribution in [1.82, 2.24) is 29.3 Å². The molecule has 4 rings (SSSR count). The van der Waals surface area contributed by atoms with E-state index in [1.54, 1.807) is 12.4 Å². The Morgan fingerprint density at radius 1 is 1.24 bits per heavy atom. The van der Waals surface area contributed by atoms with E-state index in [0.717, 1.165) is 17.0 Å². The molecule has 1 aromatic carbocycles. The lowest BCUT2D eigenvalue weighted by Gasteiger charge is -2.38. The first-order valence-corrected chi connectivity index (χ1v) is 12.4. The van der Waals surface area contributed by atoms with Crippen LogP contribution < -0.4 is 10.1 Å². The fourth-order valence-corrected chi connectivity index (χ4v) is 6.15. The Hall–Kier alpha value is -2.99. The number of nitrogens with one attached hydrogen (secondary N) is 1. The smallest absolute Gasteiger partial charge is 0.390 e. The summed E-state index contributed by atoms with van der Waals surface area (Å²) in [5.74, 6) is 0.330. The molecule has 0 saturated carbocycles. The Balaban J connectivity index is 1.69. The molecule has 0 bridgehead atoms. The minimum atomic E-state index is -3.95. The maximum atomic E-state index is 14.0. The molecule has 1 unspecified atom stereocenters. The molecule has 1 atom stereocenters. The first-order chi connectivity index (χ1) is 15.7. The van der Waals surface area contributed by atoms with Crippen molar-refractivity contribution in [2.24, 2.45) is 7.05 Å². The summed E-state index contributed by atoms with van der Waals surface area (Å²) in [6.07, 6.45) is 3.31. The molecule has 178 valence electrons. The van der Waals surface area contributed by atoms with E-state index in [0.29, 0.717) is 38.0 Å². The van der Waals surface area contributed by atoms with Gasteiger partial charge in [0.2, 0.25) is 5.89 Å². The van der Waals surface area contributed by atoms with Gasteiger partial charge in [-0.1, -0.05) is 13.0 Å². The molecule has 2 aromatic heterocycles. The average molecular weight is 476 g/mol. The van der Waals surface area contributed by atoms with Crippen LogP contribution in [0.4, 0.5) is 5.69 Å². The Bertz CT molecular complexity index is 1270. The number of anilines is 1. The predicted molar refractivity (Wildman–Crippen MR) is 122 cm³/mol. The normalized spacial score (nSPS) is 16.7. The van der Waals surface area contributed by atoms with Gasteiger partial charge < -0.3 is 8.98 Å². The number of piperidine rings is 1. The van der Waals surface area contributed by atoms with Crippen LogP contribution in [0.3, 0.4) is 0 Å². The molecule has 0 amide bonds. The molecule has 33 heavy (non-hydrogen) atoms. The third-order valence-electron chi connectivity index (χ3n) is 6.29. The molecule has 0 radical (unpaired) electrons. The molecule has 11 nitrogen and oxygen atoms in total. The number of aromatic nitrogens is 5. The summed E-state index contributed by atoms with van der Waals surface area (Å²) in [6.45, 7) is 6.44. The van der Waals surface area contributed by atoms with Crippen LogP contribution in [0.2, 0.25) is 0 Å². The first-order valence-electron chi connectivity index (χ1n) is 11.0. The number of nitrogens with zero attached hydrogens (tertiary/aromatic N) is 6. The van der Waals surface area contributed by atoms with Crippen LogP contribution in [0.1, 0.15) is 61.0 Å². The maximum absolute atomic E-state index is 14.0. The SMILES string of the molecule is CCC(c1n[nH]c(=O)o1)N(c1ccc(C)c(C)c1)S(=O)(=O)N1CCC(c2nncn2C)CC1. The van der Waals surface area contributed by atoms with Gasteiger partial charge in [0.1, 0.15) is 18.2 Å². The van der Waals surface area contributed by atoms with E-state index in [4.69, 9.17) is 4.42 Å². The van der Waals surface area contributed by atoms with Crippen molar-refractivity contribution >= 4 is 15.9 Å². The van der Waals surface area contributed by atoms with Gasteiger partial charge in [-0.25, -0.2) is 14.2 Å². The van der Waals surface area contributed by atoms with Crippen molar-refractivity contribution in [1.29, 1.82) is 0 Å². The molecule has 3 aromatic rings. The quantitative estimate of drug-likeness (QED) is 0.554. The molecule has 1 aliphatic rings. The maximum Gasteiger partial charge on any atom is 0.434 e. The van der Waals surface area contributed by atoms with Gasteiger partial charge in [-0.15, -0.1) is 15.3 Å². The van der Waals surface area contributed by atoms with Gasteiger partial charge in [0.05, 0.1) is 5.69 Å². The van der Waals surface area contributed by atoms with Gasteiger partial charge in [-0.05, 0) is 56.4 Å². The zero-order valence-electron chi connectivity index (χ0n) is 19.2. The summed E-state index contributed by atoms with van der Waals surface area (Å²) in [5, 5.41) is 14.3. The fourth-order valence-electron chi connectivity index (χ4n) is 4.29. The molecule has 12 heteroatoms. The number of rotatable bonds is 7. The van der Waals surface area contributed by atoms with Gasteiger partial charge in [0.25, 0.3) is 0 Å². The minimum Gasteiger partial charge on any atom is -0.390 e. The lowest BCUT2D eigenvalue weighted by molar-refractivity contribution is 0.306. The highest BCUT2D eigenvalue weighted by atomic mass is 32.2. The third-order valence-corrected chi connectivity index (χ3v) is 8.27. The number of hydrogen-bond donors (Lipinski definition) is 1. The van der Waals surface area contributed by atoms with Gasteiger partial charge in [0, 0.05) is 26.1 Å². The van der Waals surface area contributed by atoms with Crippen LogP contribution in [0, 0.1) is 13.8 Å². The summed E-state index contributed by atoms with van der Waals surface area (Å²) in [7, 11) is -2.06. The lowest BCUT2D eigenvalue weighted by Crippen LogP contribution is -2.48. The van der Waals surface area contributed by atoms with Crippen LogP contribution in [0.5, 0.6) is 0 Å². The molecule has 0 spiro atoms.